The summed E-state index contributed by atoms with van der Waals surface area (Å²) in [7, 11) is 0. The Bertz CT molecular complexity index is 2690. The molecule has 12 N–H and O–H groups in total. The summed E-state index contributed by atoms with van der Waals surface area (Å²) in [6.45, 7) is 5.78. The van der Waals surface area contributed by atoms with Gasteiger partial charge in [-0.15, -0.1) is 6.58 Å². The number of fused-ring (bicyclic) bond motifs is 2. The maximum Gasteiger partial charge on any atom is 0.337 e. The first-order valence-electron chi connectivity index (χ1n) is 22.8. The predicted molar refractivity (Wildman–Crippen MR) is 261 cm³/mol. The van der Waals surface area contributed by atoms with E-state index in [1.807, 2.05) is 59.5 Å². The summed E-state index contributed by atoms with van der Waals surface area (Å²) in [6.07, 6.45) is 6.40. The molecular weight excluding hydrogens is 881 g/mol. The van der Waals surface area contributed by atoms with Crippen molar-refractivity contribution >= 4 is 63.3 Å². The van der Waals surface area contributed by atoms with Crippen LogP contribution in [0.2, 0.25) is 0 Å². The van der Waals surface area contributed by atoms with Crippen molar-refractivity contribution in [2.45, 2.75) is 75.7 Å². The molecule has 0 spiro atoms. The van der Waals surface area contributed by atoms with E-state index >= 15 is 0 Å². The smallest absolute Gasteiger partial charge is 0.337 e. The van der Waals surface area contributed by atoms with Crippen molar-refractivity contribution in [2.75, 3.05) is 32.7 Å². The van der Waals surface area contributed by atoms with Crippen molar-refractivity contribution in [3.05, 3.63) is 121 Å². The van der Waals surface area contributed by atoms with Crippen molar-refractivity contribution < 1.29 is 33.6 Å². The Hall–Kier alpha value is -7.95. The number of nitrogens with one attached hydrogen (secondary N) is 8. The SMILES string of the molecule is C=CCN1CC#CCN(NC(=O)CN)C(=O)N[C@H](Cc2c[nH]c3ccccc23)C(=O)N[C@@H](C)C(=O)N[C@@H](Cc2c[nH]c3ccccc23)C(=O)N[C@H](Cc2ccccc2)C(=O)N[C@H](C(N)=O)CCCC1. The molecule has 1 aliphatic heterocycles. The number of para-hydroxylation sites is 2. The minimum Gasteiger partial charge on any atom is -0.368 e. The third-order valence-corrected chi connectivity index (χ3v) is 11.7. The molecule has 0 fully saturated rings. The molecule has 3 heterocycles. The number of urea groups is 1. The van der Waals surface area contributed by atoms with Crippen LogP contribution in [0.15, 0.2) is 104 Å². The van der Waals surface area contributed by atoms with Gasteiger partial charge in [0.25, 0.3) is 5.91 Å². The molecule has 6 rings (SSSR count). The Balaban J connectivity index is 1.35. The molecule has 0 unspecified atom stereocenters. The van der Waals surface area contributed by atoms with Gasteiger partial charge in [0.2, 0.25) is 29.5 Å². The molecule has 5 aromatic rings. The van der Waals surface area contributed by atoms with Crippen molar-refractivity contribution in [3.63, 3.8) is 0 Å². The minimum atomic E-state index is -1.30. The molecule has 1 aliphatic rings. The number of hydrogen-bond acceptors (Lipinski definition) is 9. The normalized spacial score (nSPS) is 21.0. The second kappa shape index (κ2) is 24.7. The summed E-state index contributed by atoms with van der Waals surface area (Å²) in [5.41, 5.74) is 17.5. The summed E-state index contributed by atoms with van der Waals surface area (Å²) in [6, 6.07) is 16.9. The van der Waals surface area contributed by atoms with Crippen molar-refractivity contribution in [1.82, 2.24) is 51.9 Å². The second-order valence-electron chi connectivity index (χ2n) is 16.8. The number of carbonyl (C=O) groups excluding carboxylic acids is 7. The Kier molecular flexibility index (Phi) is 18.1. The van der Waals surface area contributed by atoms with Gasteiger partial charge in [-0.1, -0.05) is 84.6 Å². The van der Waals surface area contributed by atoms with Crippen LogP contribution in [0.3, 0.4) is 0 Å². The number of H-pyrrole nitrogens is 2. The summed E-state index contributed by atoms with van der Waals surface area (Å²) < 4.78 is 0. The zero-order valence-electron chi connectivity index (χ0n) is 38.5. The third kappa shape index (κ3) is 14.3. The number of hydrogen-bond donors (Lipinski definition) is 10. The zero-order chi connectivity index (χ0) is 49.3. The lowest BCUT2D eigenvalue weighted by atomic mass is 10.0. The highest BCUT2D eigenvalue weighted by atomic mass is 16.2. The van der Waals surface area contributed by atoms with E-state index in [-0.39, 0.29) is 38.8 Å². The predicted octanol–water partition coefficient (Wildman–Crippen LogP) is 1.17. The number of nitrogens with two attached hydrogens (primary N) is 2. The average Bonchev–Trinajstić information content (AvgIpc) is 3.95. The topological polar surface area (TPSA) is 282 Å². The Labute approximate surface area is 399 Å². The summed E-state index contributed by atoms with van der Waals surface area (Å²) >= 11 is 0. The molecule has 19 heteroatoms. The molecule has 362 valence electrons. The van der Waals surface area contributed by atoms with Crippen molar-refractivity contribution in [3.8, 4) is 11.8 Å². The average molecular weight is 941 g/mol. The van der Waals surface area contributed by atoms with E-state index in [0.717, 1.165) is 32.4 Å². The number of benzene rings is 3. The first-order chi connectivity index (χ1) is 33.3. The zero-order valence-corrected chi connectivity index (χ0v) is 38.5. The van der Waals surface area contributed by atoms with E-state index in [4.69, 9.17) is 11.5 Å². The number of primary amides is 1. The molecule has 8 amide bonds. The van der Waals surface area contributed by atoms with Gasteiger partial charge in [0.05, 0.1) is 13.1 Å². The number of carbonyl (C=O) groups is 7. The summed E-state index contributed by atoms with van der Waals surface area (Å²) in [5.74, 6) is 1.64. The van der Waals surface area contributed by atoms with E-state index in [0.29, 0.717) is 37.1 Å². The van der Waals surface area contributed by atoms with Gasteiger partial charge in [-0.2, -0.15) is 0 Å². The minimum absolute atomic E-state index is 0.0266. The van der Waals surface area contributed by atoms with E-state index in [9.17, 15) is 33.6 Å². The fourth-order valence-corrected chi connectivity index (χ4v) is 8.01. The summed E-state index contributed by atoms with van der Waals surface area (Å²) in [4.78, 5) is 105. The molecule has 0 bridgehead atoms. The van der Waals surface area contributed by atoms with Gasteiger partial charge in [0.15, 0.2) is 0 Å². The van der Waals surface area contributed by atoms with Gasteiger partial charge in [-0.3, -0.25) is 39.1 Å². The maximum atomic E-state index is 14.6. The highest BCUT2D eigenvalue weighted by molar-refractivity contribution is 5.97. The largest absolute Gasteiger partial charge is 0.368 e. The van der Waals surface area contributed by atoms with Crippen LogP contribution in [-0.4, -0.2) is 124 Å². The van der Waals surface area contributed by atoms with Crippen molar-refractivity contribution in [1.29, 1.82) is 0 Å². The van der Waals surface area contributed by atoms with Crippen LogP contribution in [0.1, 0.15) is 42.9 Å². The van der Waals surface area contributed by atoms with E-state index in [2.05, 4.69) is 60.4 Å². The molecule has 0 saturated carbocycles. The third-order valence-electron chi connectivity index (χ3n) is 11.7. The van der Waals surface area contributed by atoms with E-state index in [1.165, 1.54) is 6.92 Å². The number of amides is 8. The second-order valence-corrected chi connectivity index (χ2v) is 16.8. The lowest BCUT2D eigenvalue weighted by Gasteiger charge is -2.27. The monoisotopic (exact) mass is 940 g/mol. The highest BCUT2D eigenvalue weighted by Gasteiger charge is 2.33. The maximum absolute atomic E-state index is 14.6. The number of aromatic amines is 2. The molecule has 2 aromatic heterocycles. The Morgan fingerprint density at radius 3 is 1.88 bits per heavy atom. The molecule has 0 radical (unpaired) electrons. The molecule has 69 heavy (non-hydrogen) atoms. The van der Waals surface area contributed by atoms with Crippen LogP contribution in [0, 0.1) is 11.8 Å². The number of aromatic nitrogens is 2. The highest BCUT2D eigenvalue weighted by Crippen LogP contribution is 2.21. The molecule has 0 aliphatic carbocycles. The lowest BCUT2D eigenvalue weighted by Crippen LogP contribution is -2.60. The first kappa shape index (κ1) is 50.5. The quantitative estimate of drug-likeness (QED) is 0.0672. The van der Waals surface area contributed by atoms with E-state index in [1.54, 1.807) is 42.7 Å². The molecule has 5 atom stereocenters. The molecule has 19 nitrogen and oxygen atoms in total. The standard InChI is InChI=1S/C50H60N12O7/c1-3-22-61-23-12-11-21-40(45(52)64)56-48(67)41(26-33-15-5-4-6-16-33)58-49(68)42(27-34-30-53-38-19-9-7-17-36(34)38)57-46(65)32(2)55-47(66)43(28-35-31-54-39-20-10-8-18-37(35)39)59-50(69)62(25-14-13-24-61)60-44(63)29-51/h3-10,15-20,30-32,40-43,53-54H,1,11-12,21-29,51H2,2H3,(H2,52,64)(H,55,66)(H,56,67)(H,57,65)(H,58,68)(H,59,69)(H,60,63)/t32-,40-,41+,42-,43+/m0/s1. The van der Waals surface area contributed by atoms with E-state index < -0.39 is 78.2 Å². The molecule has 3 aromatic carbocycles. The first-order valence-corrected chi connectivity index (χ1v) is 22.8. The van der Waals surface area contributed by atoms with Crippen LogP contribution in [0.4, 0.5) is 4.79 Å². The number of rotatable bonds is 11. The summed E-state index contributed by atoms with van der Waals surface area (Å²) in [5, 5.41) is 16.3. The van der Waals surface area contributed by atoms with Gasteiger partial charge in [-0.25, -0.2) is 9.80 Å². The molecular formula is C50H60N12O7. The van der Waals surface area contributed by atoms with Crippen LogP contribution in [0.5, 0.6) is 0 Å². The van der Waals surface area contributed by atoms with Gasteiger partial charge >= 0.3 is 6.03 Å². The number of nitrogens with zero attached hydrogens (tertiary/aromatic N) is 2. The van der Waals surface area contributed by atoms with Gasteiger partial charge in [0, 0.05) is 60.0 Å². The van der Waals surface area contributed by atoms with Crippen molar-refractivity contribution in [2.24, 2.45) is 11.5 Å². The van der Waals surface area contributed by atoms with Crippen LogP contribution in [0.25, 0.3) is 21.8 Å². The molecule has 0 saturated heterocycles. The fraction of sp³-hybridized carbons (Fsp3) is 0.340. The van der Waals surface area contributed by atoms with Crippen LogP contribution < -0.4 is 43.5 Å². The van der Waals surface area contributed by atoms with Crippen LogP contribution >= 0.6 is 0 Å². The van der Waals surface area contributed by atoms with Gasteiger partial charge in [0.1, 0.15) is 36.8 Å². The van der Waals surface area contributed by atoms with Gasteiger partial charge < -0.3 is 48.0 Å². The fourth-order valence-electron chi connectivity index (χ4n) is 8.01. The lowest BCUT2D eigenvalue weighted by molar-refractivity contribution is -0.134. The number of hydrazine groups is 1. The Morgan fingerprint density at radius 1 is 0.710 bits per heavy atom. The van der Waals surface area contributed by atoms with Gasteiger partial charge in [-0.05, 0) is 61.6 Å². The Morgan fingerprint density at radius 2 is 1.26 bits per heavy atom. The van der Waals surface area contributed by atoms with Crippen LogP contribution in [-0.2, 0) is 48.0 Å².